The second-order valence-corrected chi connectivity index (χ2v) is 7.03. The van der Waals surface area contributed by atoms with Crippen molar-refractivity contribution in [1.29, 1.82) is 0 Å². The molecule has 1 aliphatic heterocycles. The van der Waals surface area contributed by atoms with E-state index in [1.807, 2.05) is 36.4 Å². The minimum atomic E-state index is 0.233. The molecule has 6 nitrogen and oxygen atoms in total. The van der Waals surface area contributed by atoms with E-state index in [9.17, 15) is 0 Å². The van der Waals surface area contributed by atoms with Gasteiger partial charge in [-0.1, -0.05) is 30.8 Å². The van der Waals surface area contributed by atoms with Crippen LogP contribution in [-0.2, 0) is 12.2 Å². The van der Waals surface area contributed by atoms with Gasteiger partial charge in [0.05, 0.1) is 7.11 Å². The summed E-state index contributed by atoms with van der Waals surface area (Å²) >= 11 is 1.56. The first-order valence-electron chi connectivity index (χ1n) is 8.94. The number of aromatic nitrogens is 2. The van der Waals surface area contributed by atoms with Gasteiger partial charge in [-0.3, -0.25) is 0 Å². The average molecular weight is 396 g/mol. The van der Waals surface area contributed by atoms with Crippen molar-refractivity contribution in [3.05, 3.63) is 59.8 Å². The molecule has 0 unspecified atom stereocenters. The van der Waals surface area contributed by atoms with Crippen LogP contribution >= 0.6 is 11.8 Å². The molecule has 0 N–H and O–H groups in total. The molecule has 28 heavy (non-hydrogen) atoms. The van der Waals surface area contributed by atoms with Crippen molar-refractivity contribution in [2.24, 2.45) is 0 Å². The highest BCUT2D eigenvalue weighted by atomic mass is 32.2. The molecule has 0 aliphatic carbocycles. The molecule has 0 fully saturated rings. The number of fused-ring (bicyclic) bond motifs is 1. The Bertz CT molecular complexity index is 980. The number of ether oxygens (including phenoxy) is 4. The standard InChI is InChI=1S/C21H20N2O4S/c1-3-15-10-20(27-17-7-8-18-19(11-17)26-13-25-18)23-21(22-15)28-12-14-5-4-6-16(9-14)24-2/h4-11H,3,12-13H2,1-2H3. The quantitative estimate of drug-likeness (QED) is 0.417. The summed E-state index contributed by atoms with van der Waals surface area (Å²) in [6.45, 7) is 2.29. The van der Waals surface area contributed by atoms with Crippen molar-refractivity contribution >= 4 is 11.8 Å². The molecule has 3 aromatic rings. The van der Waals surface area contributed by atoms with Crippen LogP contribution in [0.1, 0.15) is 18.2 Å². The highest BCUT2D eigenvalue weighted by Gasteiger charge is 2.15. The summed E-state index contributed by atoms with van der Waals surface area (Å²) in [5.41, 5.74) is 2.08. The van der Waals surface area contributed by atoms with Gasteiger partial charge in [0.1, 0.15) is 11.5 Å². The minimum absolute atomic E-state index is 0.233. The van der Waals surface area contributed by atoms with Gasteiger partial charge in [0.25, 0.3) is 0 Å². The van der Waals surface area contributed by atoms with Crippen molar-refractivity contribution in [2.75, 3.05) is 13.9 Å². The molecule has 0 radical (unpaired) electrons. The van der Waals surface area contributed by atoms with E-state index in [0.29, 0.717) is 22.5 Å². The van der Waals surface area contributed by atoms with Crippen LogP contribution in [0.3, 0.4) is 0 Å². The lowest BCUT2D eigenvalue weighted by molar-refractivity contribution is 0.174. The van der Waals surface area contributed by atoms with Crippen LogP contribution in [0.15, 0.2) is 53.7 Å². The average Bonchev–Trinajstić information content (AvgIpc) is 3.20. The molecular formula is C21H20N2O4S. The molecular weight excluding hydrogens is 376 g/mol. The predicted molar refractivity (Wildman–Crippen MR) is 107 cm³/mol. The highest BCUT2D eigenvalue weighted by molar-refractivity contribution is 7.98. The van der Waals surface area contributed by atoms with Gasteiger partial charge in [0.15, 0.2) is 16.7 Å². The third-order valence-corrected chi connectivity index (χ3v) is 5.08. The molecule has 2 aromatic carbocycles. The summed E-state index contributed by atoms with van der Waals surface area (Å²) in [6, 6.07) is 15.3. The van der Waals surface area contributed by atoms with Crippen LogP contribution in [0.4, 0.5) is 0 Å². The summed E-state index contributed by atoms with van der Waals surface area (Å²) in [6.07, 6.45) is 0.798. The first-order chi connectivity index (χ1) is 13.7. The van der Waals surface area contributed by atoms with Gasteiger partial charge in [0, 0.05) is 23.6 Å². The zero-order chi connectivity index (χ0) is 19.3. The van der Waals surface area contributed by atoms with E-state index in [4.69, 9.17) is 18.9 Å². The molecule has 2 heterocycles. The van der Waals surface area contributed by atoms with Crippen molar-refractivity contribution in [3.8, 4) is 28.9 Å². The predicted octanol–water partition coefficient (Wildman–Crippen LogP) is 4.86. The molecule has 1 aliphatic rings. The van der Waals surface area contributed by atoms with Crippen molar-refractivity contribution < 1.29 is 18.9 Å². The number of rotatable bonds is 7. The molecule has 0 atom stereocenters. The van der Waals surface area contributed by atoms with Crippen LogP contribution in [0, 0.1) is 0 Å². The number of aryl methyl sites for hydroxylation is 1. The Morgan fingerprint density at radius 1 is 1.00 bits per heavy atom. The fraction of sp³-hybridized carbons (Fsp3) is 0.238. The van der Waals surface area contributed by atoms with Crippen molar-refractivity contribution in [2.45, 2.75) is 24.3 Å². The number of nitrogens with zero attached hydrogens (tertiary/aromatic N) is 2. The van der Waals surface area contributed by atoms with Crippen LogP contribution < -0.4 is 18.9 Å². The van der Waals surface area contributed by atoms with Crippen LogP contribution in [0.5, 0.6) is 28.9 Å². The van der Waals surface area contributed by atoms with Gasteiger partial charge in [-0.15, -0.1) is 0 Å². The number of hydrogen-bond acceptors (Lipinski definition) is 7. The maximum atomic E-state index is 5.96. The van der Waals surface area contributed by atoms with E-state index in [2.05, 4.69) is 23.0 Å². The first-order valence-corrected chi connectivity index (χ1v) is 9.93. The van der Waals surface area contributed by atoms with Crippen molar-refractivity contribution in [1.82, 2.24) is 9.97 Å². The number of hydrogen-bond donors (Lipinski definition) is 0. The van der Waals surface area contributed by atoms with E-state index < -0.39 is 0 Å². The van der Waals surface area contributed by atoms with Crippen LogP contribution in [0.2, 0.25) is 0 Å². The Morgan fingerprint density at radius 3 is 2.75 bits per heavy atom. The Labute approximate surface area is 167 Å². The van der Waals surface area contributed by atoms with E-state index in [0.717, 1.165) is 34.9 Å². The number of methoxy groups -OCH3 is 1. The Kier molecular flexibility index (Phi) is 5.53. The Balaban J connectivity index is 1.50. The number of thioether (sulfide) groups is 1. The fourth-order valence-electron chi connectivity index (χ4n) is 2.72. The van der Waals surface area contributed by atoms with Gasteiger partial charge in [0.2, 0.25) is 12.7 Å². The Hall–Kier alpha value is -2.93. The molecule has 0 saturated heterocycles. The summed E-state index contributed by atoms with van der Waals surface area (Å²) in [4.78, 5) is 9.16. The van der Waals surface area contributed by atoms with Gasteiger partial charge in [-0.25, -0.2) is 4.98 Å². The maximum Gasteiger partial charge on any atom is 0.231 e. The largest absolute Gasteiger partial charge is 0.497 e. The second-order valence-electron chi connectivity index (χ2n) is 6.09. The van der Waals surface area contributed by atoms with Crippen LogP contribution in [-0.4, -0.2) is 23.9 Å². The molecule has 0 bridgehead atoms. The molecule has 0 amide bonds. The molecule has 0 saturated carbocycles. The van der Waals surface area contributed by atoms with E-state index in [-0.39, 0.29) is 6.79 Å². The molecule has 4 rings (SSSR count). The maximum absolute atomic E-state index is 5.96. The lowest BCUT2D eigenvalue weighted by Crippen LogP contribution is -1.97. The SMILES string of the molecule is CCc1cc(Oc2ccc3c(c2)OCO3)nc(SCc2cccc(OC)c2)n1. The Morgan fingerprint density at radius 2 is 1.89 bits per heavy atom. The van der Waals surface area contributed by atoms with Gasteiger partial charge >= 0.3 is 0 Å². The van der Waals surface area contributed by atoms with E-state index in [1.54, 1.807) is 24.9 Å². The van der Waals surface area contributed by atoms with Crippen LogP contribution in [0.25, 0.3) is 0 Å². The van der Waals surface area contributed by atoms with Gasteiger partial charge in [-0.05, 0) is 36.2 Å². The zero-order valence-electron chi connectivity index (χ0n) is 15.7. The molecule has 0 spiro atoms. The minimum Gasteiger partial charge on any atom is -0.497 e. The fourth-order valence-corrected chi connectivity index (χ4v) is 3.53. The molecule has 144 valence electrons. The van der Waals surface area contributed by atoms with E-state index in [1.165, 1.54) is 0 Å². The van der Waals surface area contributed by atoms with E-state index >= 15 is 0 Å². The lowest BCUT2D eigenvalue weighted by atomic mass is 10.2. The topological polar surface area (TPSA) is 62.7 Å². The zero-order valence-corrected chi connectivity index (χ0v) is 16.5. The monoisotopic (exact) mass is 396 g/mol. The third-order valence-electron chi connectivity index (χ3n) is 4.17. The first kappa shape index (κ1) is 18.4. The highest BCUT2D eigenvalue weighted by Crippen LogP contribution is 2.36. The summed E-state index contributed by atoms with van der Waals surface area (Å²) in [5.74, 6) is 4.14. The number of benzene rings is 2. The smallest absolute Gasteiger partial charge is 0.231 e. The summed E-state index contributed by atoms with van der Waals surface area (Å²) in [5, 5.41) is 0.679. The second kappa shape index (κ2) is 8.39. The third kappa shape index (κ3) is 4.31. The molecule has 7 heteroatoms. The van der Waals surface area contributed by atoms with Gasteiger partial charge < -0.3 is 18.9 Å². The van der Waals surface area contributed by atoms with Crippen molar-refractivity contribution in [3.63, 3.8) is 0 Å². The normalized spacial score (nSPS) is 12.1. The molecule has 1 aromatic heterocycles. The summed E-state index contributed by atoms with van der Waals surface area (Å²) < 4.78 is 22.0. The summed E-state index contributed by atoms with van der Waals surface area (Å²) in [7, 11) is 1.67. The van der Waals surface area contributed by atoms with Gasteiger partial charge in [-0.2, -0.15) is 4.98 Å². The lowest BCUT2D eigenvalue weighted by Gasteiger charge is -2.09.